The molecule has 2 N–H and O–H groups in total. The van der Waals surface area contributed by atoms with E-state index < -0.39 is 0 Å². The number of aromatic amines is 1. The Labute approximate surface area is 76.5 Å². The fourth-order valence-corrected chi connectivity index (χ4v) is 2.46. The average Bonchev–Trinajstić information content (AvgIpc) is 2.47. The van der Waals surface area contributed by atoms with Crippen LogP contribution in [0.2, 0.25) is 0 Å². The van der Waals surface area contributed by atoms with E-state index in [1.54, 1.807) is 0 Å². The Balaban J connectivity index is 2.12. The Morgan fingerprint density at radius 2 is 2.23 bits per heavy atom. The van der Waals surface area contributed by atoms with Crippen molar-refractivity contribution in [2.24, 2.45) is 0 Å². The van der Waals surface area contributed by atoms with Crippen LogP contribution in [0.25, 0.3) is 0 Å². The molecule has 68 valence electrons. The lowest BCUT2D eigenvalue weighted by Crippen LogP contribution is -2.54. The molecule has 3 rings (SSSR count). The molecule has 1 aromatic heterocycles. The lowest BCUT2D eigenvalue weighted by Gasteiger charge is -2.45. The largest absolute Gasteiger partial charge is 0.364 e. The fourth-order valence-electron chi connectivity index (χ4n) is 2.46. The van der Waals surface area contributed by atoms with Gasteiger partial charge in [-0.1, -0.05) is 0 Å². The minimum absolute atomic E-state index is 0.00463. The molecule has 1 spiro atoms. The van der Waals surface area contributed by atoms with E-state index >= 15 is 0 Å². The molecule has 2 aliphatic rings. The predicted octanol–water partition coefficient (Wildman–Crippen LogP) is 1.07. The van der Waals surface area contributed by atoms with Crippen molar-refractivity contribution in [2.45, 2.75) is 31.2 Å². The van der Waals surface area contributed by atoms with Gasteiger partial charge in [0.15, 0.2) is 0 Å². The van der Waals surface area contributed by atoms with Gasteiger partial charge in [-0.05, 0) is 30.9 Å². The van der Waals surface area contributed by atoms with E-state index in [0.717, 1.165) is 18.5 Å². The third-order valence-electron chi connectivity index (χ3n) is 3.27. The molecule has 0 aromatic carbocycles. The Hall–Kier alpha value is -1.25. The molecular weight excluding hydrogens is 164 g/mol. The van der Waals surface area contributed by atoms with Gasteiger partial charge in [-0.15, -0.1) is 0 Å². The number of rotatable bonds is 0. The maximum absolute atomic E-state index is 11.4. The number of hydrogen-bond acceptors (Lipinski definition) is 1. The quantitative estimate of drug-likeness (QED) is 0.610. The van der Waals surface area contributed by atoms with Crippen molar-refractivity contribution in [2.75, 3.05) is 0 Å². The fraction of sp³-hybridized carbons (Fsp3) is 0.500. The van der Waals surface area contributed by atoms with Gasteiger partial charge in [0.1, 0.15) is 0 Å². The van der Waals surface area contributed by atoms with Crippen LogP contribution in [0.5, 0.6) is 0 Å². The highest BCUT2D eigenvalue weighted by molar-refractivity contribution is 5.82. The van der Waals surface area contributed by atoms with Crippen LogP contribution in [0, 0.1) is 0 Å². The molecule has 0 saturated heterocycles. The zero-order valence-electron chi connectivity index (χ0n) is 7.39. The minimum atomic E-state index is 0.00463. The summed E-state index contributed by atoms with van der Waals surface area (Å²) >= 11 is 0. The van der Waals surface area contributed by atoms with E-state index in [0.29, 0.717) is 6.42 Å². The second-order valence-electron chi connectivity index (χ2n) is 4.03. The van der Waals surface area contributed by atoms with Gasteiger partial charge in [-0.2, -0.15) is 0 Å². The van der Waals surface area contributed by atoms with Gasteiger partial charge in [-0.3, -0.25) is 4.79 Å². The number of nitrogens with one attached hydrogen (secondary N) is 2. The lowest BCUT2D eigenvalue weighted by atomic mass is 9.70. The molecule has 0 bridgehead atoms. The smallest absolute Gasteiger partial charge is 0.226 e. The van der Waals surface area contributed by atoms with Crippen molar-refractivity contribution in [1.29, 1.82) is 0 Å². The lowest BCUT2D eigenvalue weighted by molar-refractivity contribution is -0.124. The molecule has 1 amide bonds. The summed E-state index contributed by atoms with van der Waals surface area (Å²) in [5.74, 6) is 0.162. The first-order valence-corrected chi connectivity index (χ1v) is 4.78. The van der Waals surface area contributed by atoms with Crippen LogP contribution < -0.4 is 5.32 Å². The molecular formula is C10H12N2O. The first-order valence-electron chi connectivity index (χ1n) is 4.78. The normalized spacial score (nSPS) is 23.5. The standard InChI is InChI=1S/C10H12N2O/c13-9-6-8-7(2-5-11-8)10(12-9)3-1-4-10/h2,5,11H,1,3-4,6H2,(H,12,13). The molecule has 0 unspecified atom stereocenters. The highest BCUT2D eigenvalue weighted by atomic mass is 16.1. The summed E-state index contributed by atoms with van der Waals surface area (Å²) in [4.78, 5) is 14.6. The molecule has 1 fully saturated rings. The topological polar surface area (TPSA) is 44.9 Å². The number of carbonyl (C=O) groups is 1. The van der Waals surface area contributed by atoms with Gasteiger partial charge in [0.25, 0.3) is 0 Å². The number of fused-ring (bicyclic) bond motifs is 2. The van der Waals surface area contributed by atoms with E-state index in [4.69, 9.17) is 0 Å². The Morgan fingerprint density at radius 3 is 2.92 bits per heavy atom. The summed E-state index contributed by atoms with van der Waals surface area (Å²) in [6, 6.07) is 2.11. The van der Waals surface area contributed by atoms with E-state index in [1.807, 2.05) is 6.20 Å². The van der Waals surface area contributed by atoms with Crippen molar-refractivity contribution < 1.29 is 4.79 Å². The summed E-state index contributed by atoms with van der Waals surface area (Å²) < 4.78 is 0. The second-order valence-corrected chi connectivity index (χ2v) is 4.03. The summed E-state index contributed by atoms with van der Waals surface area (Å²) in [6.45, 7) is 0. The van der Waals surface area contributed by atoms with Crippen molar-refractivity contribution >= 4 is 5.91 Å². The van der Waals surface area contributed by atoms with Crippen LogP contribution in [0.15, 0.2) is 12.3 Å². The van der Waals surface area contributed by atoms with Crippen LogP contribution >= 0.6 is 0 Å². The van der Waals surface area contributed by atoms with Crippen LogP contribution in [-0.2, 0) is 16.8 Å². The van der Waals surface area contributed by atoms with Gasteiger partial charge >= 0.3 is 0 Å². The first kappa shape index (κ1) is 7.18. The SMILES string of the molecule is O=C1Cc2[nH]ccc2C2(CCC2)N1. The predicted molar refractivity (Wildman–Crippen MR) is 48.2 cm³/mol. The molecule has 3 heteroatoms. The average molecular weight is 176 g/mol. The van der Waals surface area contributed by atoms with Gasteiger partial charge in [0.05, 0.1) is 12.0 Å². The molecule has 13 heavy (non-hydrogen) atoms. The van der Waals surface area contributed by atoms with Gasteiger partial charge < -0.3 is 10.3 Å². The van der Waals surface area contributed by atoms with Gasteiger partial charge in [-0.25, -0.2) is 0 Å². The third-order valence-corrected chi connectivity index (χ3v) is 3.27. The Bertz CT molecular complexity index is 363. The summed E-state index contributed by atoms with van der Waals surface area (Å²) in [7, 11) is 0. The highest BCUT2D eigenvalue weighted by Gasteiger charge is 2.44. The molecule has 0 radical (unpaired) electrons. The Kier molecular flexibility index (Phi) is 1.19. The third kappa shape index (κ3) is 0.816. The van der Waals surface area contributed by atoms with E-state index in [-0.39, 0.29) is 11.4 Å². The van der Waals surface area contributed by atoms with Crippen LogP contribution in [0.3, 0.4) is 0 Å². The second kappa shape index (κ2) is 2.16. The maximum atomic E-state index is 11.4. The van der Waals surface area contributed by atoms with E-state index in [2.05, 4.69) is 16.4 Å². The number of amides is 1. The van der Waals surface area contributed by atoms with Crippen molar-refractivity contribution in [1.82, 2.24) is 10.3 Å². The van der Waals surface area contributed by atoms with Gasteiger partial charge in [0, 0.05) is 11.9 Å². The number of H-pyrrole nitrogens is 1. The summed E-state index contributed by atoms with van der Waals surface area (Å²) in [5, 5.41) is 3.11. The molecule has 1 aliphatic carbocycles. The zero-order chi connectivity index (χ0) is 8.89. The molecule has 1 saturated carbocycles. The van der Waals surface area contributed by atoms with Gasteiger partial charge in [0.2, 0.25) is 5.91 Å². The molecule has 1 aliphatic heterocycles. The monoisotopic (exact) mass is 176 g/mol. The van der Waals surface area contributed by atoms with Crippen molar-refractivity contribution in [3.8, 4) is 0 Å². The minimum Gasteiger partial charge on any atom is -0.364 e. The Morgan fingerprint density at radius 1 is 1.38 bits per heavy atom. The van der Waals surface area contributed by atoms with Crippen LogP contribution in [0.1, 0.15) is 30.5 Å². The molecule has 3 nitrogen and oxygen atoms in total. The number of hydrogen-bond donors (Lipinski definition) is 2. The van der Waals surface area contributed by atoms with Crippen LogP contribution in [0.4, 0.5) is 0 Å². The van der Waals surface area contributed by atoms with Crippen molar-refractivity contribution in [3.63, 3.8) is 0 Å². The molecule has 0 atom stereocenters. The summed E-state index contributed by atoms with van der Waals surface area (Å²) in [5.41, 5.74) is 2.44. The first-order chi connectivity index (χ1) is 6.30. The molecule has 1 aromatic rings. The summed E-state index contributed by atoms with van der Waals surface area (Å²) in [6.07, 6.45) is 5.88. The van der Waals surface area contributed by atoms with Crippen molar-refractivity contribution in [3.05, 3.63) is 23.5 Å². The number of aromatic nitrogens is 1. The maximum Gasteiger partial charge on any atom is 0.226 e. The van der Waals surface area contributed by atoms with Crippen LogP contribution in [-0.4, -0.2) is 10.9 Å². The number of carbonyl (C=O) groups excluding carboxylic acids is 1. The highest BCUT2D eigenvalue weighted by Crippen LogP contribution is 2.44. The van der Waals surface area contributed by atoms with E-state index in [9.17, 15) is 4.79 Å². The molecule has 2 heterocycles. The zero-order valence-corrected chi connectivity index (χ0v) is 7.39. The van der Waals surface area contributed by atoms with E-state index in [1.165, 1.54) is 12.0 Å².